The number of aryl methyl sites for hydroxylation is 1. The maximum absolute atomic E-state index is 15.3. The molecule has 40 heavy (non-hydrogen) atoms. The van der Waals surface area contributed by atoms with E-state index >= 15 is 4.39 Å². The third-order valence-electron chi connectivity index (χ3n) is 7.66. The third kappa shape index (κ3) is 4.65. The first kappa shape index (κ1) is 27.5. The molecule has 0 radical (unpaired) electrons. The van der Waals surface area contributed by atoms with Crippen molar-refractivity contribution in [1.82, 2.24) is 0 Å². The van der Waals surface area contributed by atoms with Gasteiger partial charge in [0.15, 0.2) is 11.6 Å². The highest BCUT2D eigenvalue weighted by atomic mass is 19.4. The van der Waals surface area contributed by atoms with Crippen LogP contribution in [0.25, 0.3) is 11.1 Å². The minimum Gasteiger partial charge on any atom is -0.496 e. The van der Waals surface area contributed by atoms with E-state index in [1.807, 2.05) is 6.92 Å². The quantitative estimate of drug-likeness (QED) is 0.373. The van der Waals surface area contributed by atoms with Gasteiger partial charge in [0.1, 0.15) is 5.75 Å². The van der Waals surface area contributed by atoms with E-state index in [0.29, 0.717) is 53.0 Å². The Kier molecular flexibility index (Phi) is 6.97. The van der Waals surface area contributed by atoms with Crippen LogP contribution in [-0.2, 0) is 30.2 Å². The summed E-state index contributed by atoms with van der Waals surface area (Å²) in [5.74, 6) is -2.14. The van der Waals surface area contributed by atoms with Crippen LogP contribution < -0.4 is 14.4 Å². The third-order valence-corrected chi connectivity index (χ3v) is 7.66. The Balaban J connectivity index is 1.67. The summed E-state index contributed by atoms with van der Waals surface area (Å²) >= 11 is 0. The highest BCUT2D eigenvalue weighted by Gasteiger charge is 2.35. The SMILES string of the molecule is COc1cc(C(F)(F)F)ccc1C(=O)N1CCc2c1cc(C)c(CC(=O)O)c2-c1cc(F)c2c(c1C)CCCO2. The Morgan fingerprint density at radius 2 is 1.85 bits per heavy atom. The van der Waals surface area contributed by atoms with Gasteiger partial charge in [0.25, 0.3) is 5.91 Å². The Bertz CT molecular complexity index is 1550. The number of benzene rings is 3. The number of amides is 1. The first-order valence-corrected chi connectivity index (χ1v) is 12.8. The zero-order valence-electron chi connectivity index (χ0n) is 22.2. The second-order valence-electron chi connectivity index (χ2n) is 10.0. The molecule has 0 saturated heterocycles. The van der Waals surface area contributed by atoms with Crippen LogP contribution in [0, 0.1) is 19.7 Å². The molecule has 10 heteroatoms. The molecule has 0 saturated carbocycles. The van der Waals surface area contributed by atoms with Gasteiger partial charge < -0.3 is 19.5 Å². The van der Waals surface area contributed by atoms with Crippen molar-refractivity contribution in [2.24, 2.45) is 0 Å². The van der Waals surface area contributed by atoms with Gasteiger partial charge in [0.05, 0.1) is 31.3 Å². The molecule has 3 aromatic rings. The molecule has 3 aromatic carbocycles. The van der Waals surface area contributed by atoms with Crippen LogP contribution in [0.4, 0.5) is 23.2 Å². The van der Waals surface area contributed by atoms with Crippen LogP contribution in [0.5, 0.6) is 11.5 Å². The van der Waals surface area contributed by atoms with E-state index in [1.54, 1.807) is 13.0 Å². The molecule has 0 aromatic heterocycles. The summed E-state index contributed by atoms with van der Waals surface area (Å²) < 4.78 is 65.8. The van der Waals surface area contributed by atoms with Gasteiger partial charge >= 0.3 is 12.1 Å². The number of aliphatic carboxylic acids is 1. The fraction of sp³-hybridized carbons (Fsp3) is 0.333. The summed E-state index contributed by atoms with van der Waals surface area (Å²) in [6, 6.07) is 5.80. The Labute approximate surface area is 228 Å². The fourth-order valence-electron chi connectivity index (χ4n) is 5.75. The first-order valence-electron chi connectivity index (χ1n) is 12.8. The number of fused-ring (bicyclic) bond motifs is 2. The van der Waals surface area contributed by atoms with E-state index < -0.39 is 29.4 Å². The molecular weight excluding hydrogens is 530 g/mol. The van der Waals surface area contributed by atoms with Crippen molar-refractivity contribution in [3.63, 3.8) is 0 Å². The van der Waals surface area contributed by atoms with Crippen LogP contribution >= 0.6 is 0 Å². The molecule has 0 atom stereocenters. The van der Waals surface area contributed by atoms with Crippen molar-refractivity contribution in [2.75, 3.05) is 25.2 Å². The molecule has 0 unspecified atom stereocenters. The predicted octanol–water partition coefficient (Wildman–Crippen LogP) is 6.29. The number of carbonyl (C=O) groups is 2. The number of alkyl halides is 3. The van der Waals surface area contributed by atoms with Gasteiger partial charge in [-0.1, -0.05) is 0 Å². The zero-order valence-corrected chi connectivity index (χ0v) is 22.2. The summed E-state index contributed by atoms with van der Waals surface area (Å²) in [5, 5.41) is 9.70. The topological polar surface area (TPSA) is 76.1 Å². The molecule has 0 fully saturated rings. The summed E-state index contributed by atoms with van der Waals surface area (Å²) in [7, 11) is 1.20. The van der Waals surface area contributed by atoms with E-state index in [4.69, 9.17) is 9.47 Å². The predicted molar refractivity (Wildman–Crippen MR) is 140 cm³/mol. The number of halogens is 4. The lowest BCUT2D eigenvalue weighted by Gasteiger charge is -2.25. The van der Waals surface area contributed by atoms with Gasteiger partial charge in [-0.25, -0.2) is 4.39 Å². The number of carbonyl (C=O) groups excluding carboxylic acids is 1. The molecule has 1 N–H and O–H groups in total. The molecule has 1 amide bonds. The average Bonchev–Trinajstić information content (AvgIpc) is 3.33. The standard InChI is InChI=1S/C30H27F4NO5/c1-15-11-24-19(8-9-35(24)29(38)20-7-6-17(30(32,33)34)12-25(20)39-3)27(21(15)14-26(36)37)22-13-23(31)28-18(16(22)2)5-4-10-40-28/h6-7,11-13H,4-5,8-10,14H2,1-3H3,(H,36,37). The molecule has 210 valence electrons. The summed E-state index contributed by atoms with van der Waals surface area (Å²) in [5.41, 5.74) is 3.95. The molecule has 6 nitrogen and oxygen atoms in total. The zero-order chi connectivity index (χ0) is 28.9. The van der Waals surface area contributed by atoms with Gasteiger partial charge in [-0.2, -0.15) is 13.2 Å². The Morgan fingerprint density at radius 1 is 1.10 bits per heavy atom. The molecule has 0 bridgehead atoms. The number of rotatable bonds is 5. The molecule has 2 aliphatic heterocycles. The number of hydrogen-bond donors (Lipinski definition) is 1. The van der Waals surface area contributed by atoms with Crippen molar-refractivity contribution >= 4 is 17.6 Å². The summed E-state index contributed by atoms with van der Waals surface area (Å²) in [6.45, 7) is 4.20. The van der Waals surface area contributed by atoms with Crippen molar-refractivity contribution in [3.8, 4) is 22.6 Å². The van der Waals surface area contributed by atoms with Crippen molar-refractivity contribution < 1.29 is 41.7 Å². The molecule has 0 aliphatic carbocycles. The van der Waals surface area contributed by atoms with Gasteiger partial charge in [-0.15, -0.1) is 0 Å². The van der Waals surface area contributed by atoms with Gasteiger partial charge in [0, 0.05) is 17.8 Å². The van der Waals surface area contributed by atoms with Crippen molar-refractivity contribution in [1.29, 1.82) is 0 Å². The summed E-state index contributed by atoms with van der Waals surface area (Å²) in [4.78, 5) is 27.0. The largest absolute Gasteiger partial charge is 0.496 e. The first-order chi connectivity index (χ1) is 18.9. The highest BCUT2D eigenvalue weighted by molar-refractivity contribution is 6.10. The minimum absolute atomic E-state index is 0.0367. The Morgan fingerprint density at radius 3 is 2.52 bits per heavy atom. The number of hydrogen-bond acceptors (Lipinski definition) is 4. The van der Waals surface area contributed by atoms with Gasteiger partial charge in [-0.3, -0.25) is 9.59 Å². The highest BCUT2D eigenvalue weighted by Crippen LogP contribution is 2.46. The lowest BCUT2D eigenvalue weighted by molar-refractivity contribution is -0.138. The number of methoxy groups -OCH3 is 1. The van der Waals surface area contributed by atoms with Crippen LogP contribution in [0.3, 0.4) is 0 Å². The second-order valence-corrected chi connectivity index (χ2v) is 10.0. The van der Waals surface area contributed by atoms with Crippen LogP contribution in [0.1, 0.15) is 50.2 Å². The summed E-state index contributed by atoms with van der Waals surface area (Å²) in [6.07, 6.45) is -3.21. The van der Waals surface area contributed by atoms with E-state index in [-0.39, 0.29) is 30.0 Å². The normalized spacial score (nSPS) is 14.4. The lowest BCUT2D eigenvalue weighted by atomic mass is 9.84. The molecule has 2 aliphatic rings. The lowest BCUT2D eigenvalue weighted by Crippen LogP contribution is -2.29. The van der Waals surface area contributed by atoms with E-state index in [9.17, 15) is 27.9 Å². The Hall–Kier alpha value is -4.08. The van der Waals surface area contributed by atoms with Crippen molar-refractivity contribution in [2.45, 2.75) is 45.7 Å². The van der Waals surface area contributed by atoms with Crippen molar-refractivity contribution in [3.05, 3.63) is 75.1 Å². The fourth-order valence-corrected chi connectivity index (χ4v) is 5.75. The maximum Gasteiger partial charge on any atom is 0.416 e. The molecular formula is C30H27F4NO5. The van der Waals surface area contributed by atoms with Crippen LogP contribution in [0.2, 0.25) is 0 Å². The molecule has 5 rings (SSSR count). The molecule has 2 heterocycles. The number of carboxylic acid groups (broad SMARTS) is 1. The second kappa shape index (κ2) is 10.1. The number of anilines is 1. The van der Waals surface area contributed by atoms with E-state index in [2.05, 4.69) is 0 Å². The van der Waals surface area contributed by atoms with Gasteiger partial charge in [0.2, 0.25) is 0 Å². The van der Waals surface area contributed by atoms with E-state index in [1.165, 1.54) is 18.1 Å². The van der Waals surface area contributed by atoms with Gasteiger partial charge in [-0.05, 0) is 96.8 Å². The smallest absolute Gasteiger partial charge is 0.416 e. The number of nitrogens with zero attached hydrogens (tertiary/aromatic N) is 1. The average molecular weight is 558 g/mol. The van der Waals surface area contributed by atoms with Crippen LogP contribution in [0.15, 0.2) is 30.3 Å². The van der Waals surface area contributed by atoms with E-state index in [0.717, 1.165) is 35.7 Å². The number of carboxylic acids is 1. The number of ether oxygens (including phenoxy) is 2. The monoisotopic (exact) mass is 557 g/mol. The maximum atomic E-state index is 15.3. The van der Waals surface area contributed by atoms with Crippen LogP contribution in [-0.4, -0.2) is 37.2 Å². The minimum atomic E-state index is -4.60. The molecule has 0 spiro atoms.